The van der Waals surface area contributed by atoms with Crippen LogP contribution >= 0.6 is 11.3 Å². The van der Waals surface area contributed by atoms with Crippen molar-refractivity contribution in [2.24, 2.45) is 0 Å². The zero-order valence-corrected chi connectivity index (χ0v) is 21.1. The molecule has 0 saturated carbocycles. The lowest BCUT2D eigenvalue weighted by atomic mass is 9.98. The molecule has 0 saturated heterocycles. The van der Waals surface area contributed by atoms with Gasteiger partial charge in [-0.25, -0.2) is 15.0 Å². The molecule has 1 N–H and O–H groups in total. The van der Waals surface area contributed by atoms with Gasteiger partial charge in [0.25, 0.3) is 5.56 Å². The highest BCUT2D eigenvalue weighted by Gasteiger charge is 2.20. The van der Waals surface area contributed by atoms with E-state index in [1.54, 1.807) is 35.4 Å². The van der Waals surface area contributed by atoms with Crippen molar-refractivity contribution in [3.8, 4) is 22.7 Å². The summed E-state index contributed by atoms with van der Waals surface area (Å²) < 4.78 is 8.17. The zero-order valence-electron chi connectivity index (χ0n) is 20.3. The highest BCUT2D eigenvalue weighted by molar-refractivity contribution is 7.16. The van der Waals surface area contributed by atoms with E-state index in [2.05, 4.69) is 26.3 Å². The third-order valence-electron chi connectivity index (χ3n) is 6.39. The molecule has 0 radical (unpaired) electrons. The maximum Gasteiger partial charge on any atom is 0.263 e. The Hall–Kier alpha value is -4.56. The highest BCUT2D eigenvalue weighted by Crippen LogP contribution is 2.32. The van der Waals surface area contributed by atoms with Crippen LogP contribution in [-0.4, -0.2) is 26.6 Å². The molecule has 182 valence electrons. The van der Waals surface area contributed by atoms with Gasteiger partial charge in [0.15, 0.2) is 5.82 Å². The number of benzene rings is 2. The first-order valence-electron chi connectivity index (χ1n) is 11.8. The Labute approximate surface area is 217 Å². The van der Waals surface area contributed by atoms with Crippen LogP contribution in [0.15, 0.2) is 95.5 Å². The van der Waals surface area contributed by atoms with Crippen LogP contribution in [0.25, 0.3) is 37.8 Å². The monoisotopic (exact) mass is 505 g/mol. The molecule has 8 heteroatoms. The smallest absolute Gasteiger partial charge is 0.263 e. The molecule has 0 spiro atoms. The standard InChI is InChI=1S/C29H23N5O2S/c1-18(33-28-27-24(12-14-31-28)37-17-32-27)23-15-20-7-6-10-22(19-11-13-30-25(16-19)36-2)26(20)29(35)34(23)21-8-4-3-5-9-21/h3-18H,1-2H3,(H,31,33)/t18-/m0/s1. The van der Waals surface area contributed by atoms with Gasteiger partial charge in [-0.05, 0) is 53.8 Å². The van der Waals surface area contributed by atoms with Gasteiger partial charge in [-0.15, -0.1) is 11.3 Å². The van der Waals surface area contributed by atoms with E-state index in [4.69, 9.17) is 4.74 Å². The fraction of sp³-hybridized carbons (Fsp3) is 0.103. The predicted molar refractivity (Wildman–Crippen MR) is 149 cm³/mol. The third kappa shape index (κ3) is 4.11. The number of anilines is 1. The third-order valence-corrected chi connectivity index (χ3v) is 7.18. The van der Waals surface area contributed by atoms with E-state index in [0.29, 0.717) is 17.1 Å². The number of aromatic nitrogens is 4. The second kappa shape index (κ2) is 9.48. The van der Waals surface area contributed by atoms with Crippen LogP contribution in [0.2, 0.25) is 0 Å². The van der Waals surface area contributed by atoms with Crippen molar-refractivity contribution in [2.45, 2.75) is 13.0 Å². The Morgan fingerprint density at radius 2 is 1.78 bits per heavy atom. The van der Waals surface area contributed by atoms with Crippen molar-refractivity contribution in [1.29, 1.82) is 0 Å². The van der Waals surface area contributed by atoms with Gasteiger partial charge >= 0.3 is 0 Å². The maximum absolute atomic E-state index is 14.3. The minimum absolute atomic E-state index is 0.0986. The molecule has 0 aliphatic heterocycles. The van der Waals surface area contributed by atoms with Crippen molar-refractivity contribution in [3.05, 3.63) is 107 Å². The molecule has 37 heavy (non-hydrogen) atoms. The number of hydrogen-bond donors (Lipinski definition) is 1. The molecule has 6 aromatic rings. The van der Waals surface area contributed by atoms with Crippen molar-refractivity contribution in [3.63, 3.8) is 0 Å². The van der Waals surface area contributed by atoms with E-state index in [-0.39, 0.29) is 11.6 Å². The number of pyridine rings is 3. The number of nitrogens with zero attached hydrogens (tertiary/aromatic N) is 4. The van der Waals surface area contributed by atoms with Gasteiger partial charge in [-0.2, -0.15) is 0 Å². The lowest BCUT2D eigenvalue weighted by molar-refractivity contribution is 0.398. The minimum Gasteiger partial charge on any atom is -0.481 e. The van der Waals surface area contributed by atoms with Gasteiger partial charge in [0, 0.05) is 29.8 Å². The summed E-state index contributed by atoms with van der Waals surface area (Å²) in [5.41, 5.74) is 5.85. The van der Waals surface area contributed by atoms with Crippen LogP contribution in [0.5, 0.6) is 5.88 Å². The molecule has 4 aromatic heterocycles. The normalized spacial score (nSPS) is 12.1. The Morgan fingerprint density at radius 1 is 0.946 bits per heavy atom. The second-order valence-corrected chi connectivity index (χ2v) is 9.51. The Kier molecular flexibility index (Phi) is 5.86. The fourth-order valence-electron chi connectivity index (χ4n) is 4.65. The van der Waals surface area contributed by atoms with E-state index in [1.165, 1.54) is 0 Å². The minimum atomic E-state index is -0.234. The first-order chi connectivity index (χ1) is 18.1. The van der Waals surface area contributed by atoms with Gasteiger partial charge in [-0.1, -0.05) is 36.4 Å². The first kappa shape index (κ1) is 22.9. The molecule has 1 atom stereocenters. The van der Waals surface area contributed by atoms with Crippen molar-refractivity contribution in [2.75, 3.05) is 12.4 Å². The molecule has 0 amide bonds. The number of nitrogens with one attached hydrogen (secondary N) is 1. The second-order valence-electron chi connectivity index (χ2n) is 8.63. The Balaban J connectivity index is 1.57. The fourth-order valence-corrected chi connectivity index (χ4v) is 5.32. The number of rotatable bonds is 6. The van der Waals surface area contributed by atoms with E-state index in [9.17, 15) is 4.79 Å². The van der Waals surface area contributed by atoms with Gasteiger partial charge in [0.1, 0.15) is 5.52 Å². The summed E-state index contributed by atoms with van der Waals surface area (Å²) in [6, 6.07) is 23.1. The highest BCUT2D eigenvalue weighted by atomic mass is 32.1. The number of thiazole rings is 1. The summed E-state index contributed by atoms with van der Waals surface area (Å²) in [6.07, 6.45) is 3.46. The van der Waals surface area contributed by atoms with E-state index in [1.807, 2.05) is 79.2 Å². The number of methoxy groups -OCH3 is 1. The average Bonchev–Trinajstić information content (AvgIpc) is 3.43. The molecular weight excluding hydrogens is 482 g/mol. The van der Waals surface area contributed by atoms with Crippen LogP contribution in [0, 0.1) is 0 Å². The summed E-state index contributed by atoms with van der Waals surface area (Å²) in [5.74, 6) is 1.19. The maximum atomic E-state index is 14.3. The number of fused-ring (bicyclic) bond motifs is 2. The molecule has 0 aliphatic rings. The van der Waals surface area contributed by atoms with Gasteiger partial charge < -0.3 is 10.1 Å². The van der Waals surface area contributed by atoms with E-state index < -0.39 is 0 Å². The van der Waals surface area contributed by atoms with Gasteiger partial charge in [-0.3, -0.25) is 9.36 Å². The zero-order chi connectivity index (χ0) is 25.4. The summed E-state index contributed by atoms with van der Waals surface area (Å²) >= 11 is 1.57. The molecule has 0 fully saturated rings. The SMILES string of the molecule is COc1cc(-c2cccc3cc([C@H](C)Nc4nccc5scnc45)n(-c4ccccc4)c(=O)c23)ccn1. The number of ether oxygens (including phenoxy) is 1. The largest absolute Gasteiger partial charge is 0.481 e. The van der Waals surface area contributed by atoms with Crippen molar-refractivity contribution < 1.29 is 4.74 Å². The summed E-state index contributed by atoms with van der Waals surface area (Å²) in [5, 5.41) is 4.99. The summed E-state index contributed by atoms with van der Waals surface area (Å²) in [4.78, 5) is 27.5. The lowest BCUT2D eigenvalue weighted by Crippen LogP contribution is -2.26. The quantitative estimate of drug-likeness (QED) is 0.289. The molecule has 0 unspecified atom stereocenters. The molecule has 2 aromatic carbocycles. The van der Waals surface area contributed by atoms with Crippen LogP contribution < -0.4 is 15.6 Å². The van der Waals surface area contributed by atoms with Crippen LogP contribution in [-0.2, 0) is 0 Å². The first-order valence-corrected chi connectivity index (χ1v) is 12.7. The van der Waals surface area contributed by atoms with Crippen LogP contribution in [0.3, 0.4) is 0 Å². The predicted octanol–water partition coefficient (Wildman–Crippen LogP) is 6.24. The lowest BCUT2D eigenvalue weighted by Gasteiger charge is -2.22. The van der Waals surface area contributed by atoms with E-state index in [0.717, 1.165) is 38.1 Å². The van der Waals surface area contributed by atoms with Gasteiger partial charge in [0.2, 0.25) is 5.88 Å². The number of para-hydroxylation sites is 1. The van der Waals surface area contributed by atoms with Crippen molar-refractivity contribution >= 4 is 38.1 Å². The molecule has 7 nitrogen and oxygen atoms in total. The molecule has 0 aliphatic carbocycles. The molecule has 6 rings (SSSR count). The van der Waals surface area contributed by atoms with Crippen LogP contribution in [0.1, 0.15) is 18.7 Å². The van der Waals surface area contributed by atoms with Gasteiger partial charge in [0.05, 0.1) is 28.7 Å². The Bertz CT molecular complexity index is 1800. The summed E-state index contributed by atoms with van der Waals surface area (Å²) in [6.45, 7) is 2.03. The topological polar surface area (TPSA) is 81.9 Å². The molecule has 0 bridgehead atoms. The Morgan fingerprint density at radius 3 is 2.62 bits per heavy atom. The summed E-state index contributed by atoms with van der Waals surface area (Å²) in [7, 11) is 1.58. The average molecular weight is 506 g/mol. The molecule has 4 heterocycles. The van der Waals surface area contributed by atoms with Crippen molar-refractivity contribution in [1.82, 2.24) is 19.5 Å². The van der Waals surface area contributed by atoms with Crippen LogP contribution in [0.4, 0.5) is 5.82 Å². The van der Waals surface area contributed by atoms with E-state index >= 15 is 0 Å². The number of hydrogen-bond acceptors (Lipinski definition) is 7. The molecular formula is C29H23N5O2S.